The Morgan fingerprint density at radius 3 is 2.07 bits per heavy atom. The van der Waals surface area contributed by atoms with E-state index in [4.69, 9.17) is 16.3 Å². The van der Waals surface area contributed by atoms with Gasteiger partial charge in [0.1, 0.15) is 6.04 Å². The molecule has 0 saturated carbocycles. The van der Waals surface area contributed by atoms with Crippen LogP contribution in [0.25, 0.3) is 0 Å². The fourth-order valence-electron chi connectivity index (χ4n) is 3.24. The van der Waals surface area contributed by atoms with Gasteiger partial charge in [-0.25, -0.2) is 4.79 Å². The summed E-state index contributed by atoms with van der Waals surface area (Å²) in [5.74, 6) is -2.32. The summed E-state index contributed by atoms with van der Waals surface area (Å²) in [5, 5.41) is 0.257. The van der Waals surface area contributed by atoms with Crippen LogP contribution in [0.3, 0.4) is 0 Å². The number of carbonyl (C=O) groups excluding carboxylic acids is 4. The lowest BCUT2D eigenvalue weighted by Crippen LogP contribution is -2.46. The summed E-state index contributed by atoms with van der Waals surface area (Å²) in [7, 11) is 0. The fourth-order valence-corrected chi connectivity index (χ4v) is 3.48. The average Bonchev–Trinajstić information content (AvgIpc) is 2.95. The average molecular weight is 414 g/mol. The summed E-state index contributed by atoms with van der Waals surface area (Å²) in [5.41, 5.74) is 0.750. The predicted octanol–water partition coefficient (Wildman–Crippen LogP) is 3.78. The van der Waals surface area contributed by atoms with Crippen LogP contribution in [-0.4, -0.2) is 41.1 Å². The normalized spacial score (nSPS) is 14.1. The lowest BCUT2D eigenvalue weighted by molar-refractivity contribution is -0.147. The number of hydrogen-bond acceptors (Lipinski definition) is 5. The molecule has 0 spiro atoms. The maximum Gasteiger partial charge on any atom is 0.329 e. The molecule has 6 nitrogen and oxygen atoms in total. The number of halogens is 1. The van der Waals surface area contributed by atoms with E-state index in [1.807, 2.05) is 13.8 Å². The van der Waals surface area contributed by atoms with Crippen molar-refractivity contribution in [2.45, 2.75) is 26.3 Å². The van der Waals surface area contributed by atoms with Gasteiger partial charge >= 0.3 is 5.97 Å². The first kappa shape index (κ1) is 20.7. The number of rotatable bonds is 7. The molecule has 0 fully saturated rings. The van der Waals surface area contributed by atoms with E-state index >= 15 is 0 Å². The van der Waals surface area contributed by atoms with Gasteiger partial charge in [-0.1, -0.05) is 49.7 Å². The van der Waals surface area contributed by atoms with E-state index in [2.05, 4.69) is 0 Å². The molecule has 2 aromatic rings. The van der Waals surface area contributed by atoms with Crippen LogP contribution in [0.15, 0.2) is 48.5 Å². The summed E-state index contributed by atoms with van der Waals surface area (Å²) in [6.07, 6.45) is 0.227. The smallest absolute Gasteiger partial charge is 0.329 e. The molecule has 0 saturated heterocycles. The number of ether oxygens (including phenoxy) is 1. The summed E-state index contributed by atoms with van der Waals surface area (Å²) in [6, 6.07) is 11.7. The number of nitrogens with zero attached hydrogens (tertiary/aromatic N) is 1. The van der Waals surface area contributed by atoms with Crippen LogP contribution in [-0.2, 0) is 9.53 Å². The molecule has 1 aliphatic rings. The van der Waals surface area contributed by atoms with Crippen LogP contribution in [0.1, 0.15) is 51.3 Å². The minimum absolute atomic E-state index is 0.0103. The van der Waals surface area contributed by atoms with Crippen molar-refractivity contribution in [3.8, 4) is 0 Å². The van der Waals surface area contributed by atoms with Crippen LogP contribution >= 0.6 is 11.6 Å². The number of hydrogen-bond donors (Lipinski definition) is 0. The number of Topliss-reactive ketones (excluding diaryl/α,β-unsaturated/α-hetero) is 1. The van der Waals surface area contributed by atoms with E-state index in [0.717, 1.165) is 4.90 Å². The Hall–Kier alpha value is -2.99. The topological polar surface area (TPSA) is 80.8 Å². The molecular formula is C22H20ClNO5. The van der Waals surface area contributed by atoms with Crippen molar-refractivity contribution >= 4 is 35.2 Å². The van der Waals surface area contributed by atoms with Crippen LogP contribution < -0.4 is 0 Å². The molecule has 2 amide bonds. The summed E-state index contributed by atoms with van der Waals surface area (Å²) in [6.45, 7) is 3.21. The first-order valence-electron chi connectivity index (χ1n) is 9.22. The van der Waals surface area contributed by atoms with E-state index in [0.29, 0.717) is 0 Å². The third-order valence-corrected chi connectivity index (χ3v) is 4.95. The number of ketones is 1. The van der Waals surface area contributed by atoms with Gasteiger partial charge in [0.2, 0.25) is 5.78 Å². The molecule has 7 heteroatoms. The lowest BCUT2D eigenvalue weighted by atomic mass is 10.0. The van der Waals surface area contributed by atoms with Crippen molar-refractivity contribution in [2.75, 3.05) is 6.61 Å². The molecular weight excluding hydrogens is 394 g/mol. The van der Waals surface area contributed by atoms with Crippen molar-refractivity contribution in [1.82, 2.24) is 4.90 Å². The van der Waals surface area contributed by atoms with Gasteiger partial charge in [-0.15, -0.1) is 0 Å². The molecule has 0 radical (unpaired) electrons. The zero-order valence-corrected chi connectivity index (χ0v) is 16.8. The first-order valence-corrected chi connectivity index (χ1v) is 9.60. The maximum absolute atomic E-state index is 12.8. The Bertz CT molecular complexity index is 950. The zero-order valence-electron chi connectivity index (χ0n) is 16.1. The Labute approximate surface area is 173 Å². The second kappa shape index (κ2) is 8.57. The highest BCUT2D eigenvalue weighted by Crippen LogP contribution is 2.27. The number of fused-ring (bicyclic) bond motifs is 1. The molecule has 0 unspecified atom stereocenters. The molecule has 0 bridgehead atoms. The quantitative estimate of drug-likeness (QED) is 0.392. The van der Waals surface area contributed by atoms with Gasteiger partial charge in [-0.3, -0.25) is 19.3 Å². The highest BCUT2D eigenvalue weighted by molar-refractivity contribution is 6.34. The Morgan fingerprint density at radius 1 is 0.966 bits per heavy atom. The number of amides is 2. The van der Waals surface area contributed by atoms with E-state index in [-0.39, 0.29) is 34.1 Å². The van der Waals surface area contributed by atoms with Crippen molar-refractivity contribution in [1.29, 1.82) is 0 Å². The number of carbonyl (C=O) groups is 4. The molecule has 150 valence electrons. The standard InChI is InChI=1S/C22H20ClNO5/c1-13(2)11-18(24-20(26)14-7-3-4-8-15(14)21(24)27)22(28)29-12-19(25)16-9-5-6-10-17(16)23/h3-10,13,18H,11-12H2,1-2H3/t18-/m0/s1. The van der Waals surface area contributed by atoms with E-state index in [9.17, 15) is 19.2 Å². The Morgan fingerprint density at radius 2 is 1.52 bits per heavy atom. The molecule has 1 heterocycles. The summed E-state index contributed by atoms with van der Waals surface area (Å²) >= 11 is 6.00. The number of esters is 1. The molecule has 29 heavy (non-hydrogen) atoms. The maximum atomic E-state index is 12.8. The Balaban J connectivity index is 1.78. The third-order valence-electron chi connectivity index (χ3n) is 4.62. The van der Waals surface area contributed by atoms with Crippen molar-refractivity contribution in [3.63, 3.8) is 0 Å². The highest BCUT2D eigenvalue weighted by atomic mass is 35.5. The van der Waals surface area contributed by atoms with Gasteiger partial charge < -0.3 is 4.74 Å². The van der Waals surface area contributed by atoms with Crippen LogP contribution in [0.5, 0.6) is 0 Å². The van der Waals surface area contributed by atoms with Gasteiger partial charge in [-0.2, -0.15) is 0 Å². The predicted molar refractivity (Wildman–Crippen MR) is 107 cm³/mol. The molecule has 0 aromatic heterocycles. The highest BCUT2D eigenvalue weighted by Gasteiger charge is 2.43. The molecule has 2 aromatic carbocycles. The van der Waals surface area contributed by atoms with E-state index in [1.165, 1.54) is 6.07 Å². The molecule has 3 rings (SSSR count). The van der Waals surface area contributed by atoms with Crippen LogP contribution in [0, 0.1) is 5.92 Å². The largest absolute Gasteiger partial charge is 0.456 e. The summed E-state index contributed by atoms with van der Waals surface area (Å²) in [4.78, 5) is 51.6. The zero-order chi connectivity index (χ0) is 21.1. The lowest BCUT2D eigenvalue weighted by Gasteiger charge is -2.25. The van der Waals surface area contributed by atoms with Crippen molar-refractivity contribution in [3.05, 3.63) is 70.2 Å². The molecule has 1 atom stereocenters. The molecule has 0 N–H and O–H groups in total. The second-order valence-electron chi connectivity index (χ2n) is 7.18. The van der Waals surface area contributed by atoms with Gasteiger partial charge in [0.05, 0.1) is 16.1 Å². The van der Waals surface area contributed by atoms with Crippen molar-refractivity contribution in [2.24, 2.45) is 5.92 Å². The minimum Gasteiger partial charge on any atom is -0.456 e. The molecule has 1 aliphatic heterocycles. The van der Waals surface area contributed by atoms with Crippen LogP contribution in [0.2, 0.25) is 5.02 Å². The molecule has 0 aliphatic carbocycles. The van der Waals surface area contributed by atoms with Gasteiger partial charge in [0.25, 0.3) is 11.8 Å². The van der Waals surface area contributed by atoms with Gasteiger partial charge in [0.15, 0.2) is 6.61 Å². The fraction of sp³-hybridized carbons (Fsp3) is 0.273. The SMILES string of the molecule is CC(C)C[C@@H](C(=O)OCC(=O)c1ccccc1Cl)N1C(=O)c2ccccc2C1=O. The summed E-state index contributed by atoms with van der Waals surface area (Å²) < 4.78 is 5.19. The number of imide groups is 1. The van der Waals surface area contributed by atoms with E-state index < -0.39 is 36.2 Å². The van der Waals surface area contributed by atoms with Gasteiger partial charge in [0, 0.05) is 5.56 Å². The monoisotopic (exact) mass is 413 g/mol. The van der Waals surface area contributed by atoms with Crippen molar-refractivity contribution < 1.29 is 23.9 Å². The minimum atomic E-state index is -1.11. The Kier molecular flexibility index (Phi) is 6.13. The van der Waals surface area contributed by atoms with E-state index in [1.54, 1.807) is 42.5 Å². The third kappa shape index (κ3) is 4.22. The van der Waals surface area contributed by atoms with Crippen LogP contribution in [0.4, 0.5) is 0 Å². The second-order valence-corrected chi connectivity index (χ2v) is 7.59. The first-order chi connectivity index (χ1) is 13.8. The van der Waals surface area contributed by atoms with Gasteiger partial charge in [-0.05, 0) is 36.6 Å². The number of benzene rings is 2.